The number of rotatable bonds is 11. The Morgan fingerprint density at radius 3 is 1.95 bits per heavy atom. The van der Waals surface area contributed by atoms with E-state index in [2.05, 4.69) is 0 Å². The Bertz CT molecular complexity index is 1350. The van der Waals surface area contributed by atoms with Gasteiger partial charge in [0.05, 0.1) is 30.4 Å². The molecule has 7 nitrogen and oxygen atoms in total. The average Bonchev–Trinajstić information content (AvgIpc) is 2.91. The second kappa shape index (κ2) is 13.8. The van der Waals surface area contributed by atoms with Crippen molar-refractivity contribution in [3.63, 3.8) is 0 Å². The van der Waals surface area contributed by atoms with Crippen molar-refractivity contribution in [1.29, 1.82) is 0 Å². The summed E-state index contributed by atoms with van der Waals surface area (Å²) in [4.78, 5) is 31.5. The van der Waals surface area contributed by atoms with Crippen molar-refractivity contribution < 1.29 is 24.9 Å². The predicted molar refractivity (Wildman–Crippen MR) is 167 cm³/mol. The zero-order valence-corrected chi connectivity index (χ0v) is 25.9. The van der Waals surface area contributed by atoms with Gasteiger partial charge in [-0.05, 0) is 76.4 Å². The first-order chi connectivity index (χ1) is 19.3. The third-order valence-corrected chi connectivity index (χ3v) is 8.21. The minimum absolute atomic E-state index is 0.130. The Hall–Kier alpha value is -2.91. The summed E-state index contributed by atoms with van der Waals surface area (Å²) in [5, 5.41) is 32.2. The number of hydrogen-bond acceptors (Lipinski definition) is 6. The maximum atomic E-state index is 14.0. The van der Waals surface area contributed by atoms with Crippen LogP contribution in [-0.2, 0) is 6.42 Å². The number of carbonyl (C=O) groups excluding carboxylic acids is 2. The van der Waals surface area contributed by atoms with E-state index >= 15 is 0 Å². The Morgan fingerprint density at radius 2 is 1.34 bits per heavy atom. The maximum Gasteiger partial charge on any atom is 0.255 e. The first-order valence-electron chi connectivity index (χ1n) is 14.1. The van der Waals surface area contributed by atoms with Gasteiger partial charge in [-0.2, -0.15) is 0 Å². The molecule has 3 rings (SSSR count). The van der Waals surface area contributed by atoms with E-state index in [1.54, 1.807) is 15.9 Å². The lowest BCUT2D eigenvalue weighted by Crippen LogP contribution is -2.47. The van der Waals surface area contributed by atoms with Crippen LogP contribution in [0.5, 0.6) is 0 Å². The zero-order valence-electron chi connectivity index (χ0n) is 25.1. The third-order valence-electron chi connectivity index (χ3n) is 6.99. The molecular formula is C33H44N2O5S. The highest BCUT2D eigenvalue weighted by molar-refractivity contribution is 7.99. The molecule has 0 radical (unpaired) electrons. The number of aliphatic hydroxyl groups excluding tert-OH is 3. The van der Waals surface area contributed by atoms with Crippen molar-refractivity contribution in [2.45, 2.75) is 70.0 Å². The molecule has 0 heterocycles. The second-order valence-corrected chi connectivity index (χ2v) is 13.3. The lowest BCUT2D eigenvalue weighted by atomic mass is 9.93. The molecule has 0 aliphatic heterocycles. The molecule has 2 amide bonds. The van der Waals surface area contributed by atoms with Crippen LogP contribution in [0, 0.1) is 0 Å². The Balaban J connectivity index is 1.89. The molecule has 0 aromatic heterocycles. The standard InChI is InChI=1S/C33H44N2O5S/c1-32(2,3)34(17-19-36)30(39)27-13-9-10-14-28(27)41-22-25(38)21-24-16-15-23-11-7-8-12-26(23)29(24)31(40)35(18-20-37)33(4,5)6/h7-16,25,36-38H,17-22H2,1-6H3. The largest absolute Gasteiger partial charge is 0.395 e. The molecule has 41 heavy (non-hydrogen) atoms. The van der Waals surface area contributed by atoms with Gasteiger partial charge in [0.25, 0.3) is 11.8 Å². The molecule has 0 fully saturated rings. The molecule has 3 aromatic rings. The lowest BCUT2D eigenvalue weighted by molar-refractivity contribution is 0.0517. The van der Waals surface area contributed by atoms with E-state index in [1.165, 1.54) is 11.8 Å². The van der Waals surface area contributed by atoms with E-state index < -0.39 is 17.2 Å². The van der Waals surface area contributed by atoms with Gasteiger partial charge in [-0.25, -0.2) is 0 Å². The number of amides is 2. The van der Waals surface area contributed by atoms with Crippen LogP contribution in [0.2, 0.25) is 0 Å². The zero-order chi connectivity index (χ0) is 30.4. The van der Waals surface area contributed by atoms with Gasteiger partial charge in [-0.1, -0.05) is 48.5 Å². The van der Waals surface area contributed by atoms with Gasteiger partial charge >= 0.3 is 0 Å². The van der Waals surface area contributed by atoms with Crippen LogP contribution in [0.15, 0.2) is 65.6 Å². The van der Waals surface area contributed by atoms with Gasteiger partial charge in [0.2, 0.25) is 0 Å². The molecule has 8 heteroatoms. The summed E-state index contributed by atoms with van der Waals surface area (Å²) in [5.41, 5.74) is 0.832. The van der Waals surface area contributed by atoms with Crippen LogP contribution in [0.1, 0.15) is 67.8 Å². The molecule has 3 N–H and O–H groups in total. The van der Waals surface area contributed by atoms with Gasteiger partial charge < -0.3 is 25.1 Å². The highest BCUT2D eigenvalue weighted by atomic mass is 32.2. The van der Waals surface area contributed by atoms with Crippen molar-refractivity contribution in [3.8, 4) is 0 Å². The van der Waals surface area contributed by atoms with Gasteiger partial charge in [-0.15, -0.1) is 11.8 Å². The highest BCUT2D eigenvalue weighted by Crippen LogP contribution is 2.30. The summed E-state index contributed by atoms with van der Waals surface area (Å²) < 4.78 is 0. The van der Waals surface area contributed by atoms with Crippen LogP contribution in [0.4, 0.5) is 0 Å². The van der Waals surface area contributed by atoms with Crippen molar-refractivity contribution in [2.75, 3.05) is 32.1 Å². The number of benzene rings is 3. The molecule has 0 bridgehead atoms. The molecule has 0 saturated carbocycles. The number of aliphatic hydroxyl groups is 3. The van der Waals surface area contributed by atoms with Crippen LogP contribution in [-0.4, -0.2) is 86.2 Å². The molecule has 222 valence electrons. The summed E-state index contributed by atoms with van der Waals surface area (Å²) in [6, 6.07) is 18.9. The SMILES string of the molecule is CC(C)(C)N(CCO)C(=O)c1ccccc1SCC(O)Cc1ccc2ccccc2c1C(=O)N(CCO)C(C)(C)C. The van der Waals surface area contributed by atoms with E-state index in [9.17, 15) is 24.9 Å². The number of fused-ring (bicyclic) bond motifs is 1. The van der Waals surface area contributed by atoms with Gasteiger partial charge in [-0.3, -0.25) is 9.59 Å². The number of β-amino-alcohol motifs (C(OH)–C–C–N with tert-alkyl or cyclic N) is 2. The van der Waals surface area contributed by atoms with E-state index in [1.807, 2.05) is 96.1 Å². The van der Waals surface area contributed by atoms with Crippen LogP contribution < -0.4 is 0 Å². The van der Waals surface area contributed by atoms with Crippen LogP contribution in [0.3, 0.4) is 0 Å². The molecular weight excluding hydrogens is 536 g/mol. The van der Waals surface area contributed by atoms with Crippen molar-refractivity contribution >= 4 is 34.3 Å². The van der Waals surface area contributed by atoms with E-state index in [0.29, 0.717) is 16.9 Å². The first kappa shape index (κ1) is 32.6. The van der Waals surface area contributed by atoms with E-state index in [0.717, 1.165) is 21.2 Å². The number of thioether (sulfide) groups is 1. The van der Waals surface area contributed by atoms with Crippen LogP contribution in [0.25, 0.3) is 10.8 Å². The van der Waals surface area contributed by atoms with Crippen LogP contribution >= 0.6 is 11.8 Å². The first-order valence-corrected chi connectivity index (χ1v) is 15.0. The monoisotopic (exact) mass is 580 g/mol. The molecule has 0 aliphatic carbocycles. The summed E-state index contributed by atoms with van der Waals surface area (Å²) in [6.45, 7) is 11.8. The number of carbonyl (C=O) groups is 2. The molecule has 3 aromatic carbocycles. The minimum atomic E-state index is -0.784. The fourth-order valence-corrected chi connectivity index (χ4v) is 5.95. The summed E-state index contributed by atoms with van der Waals surface area (Å²) in [6.07, 6.45) is -0.530. The summed E-state index contributed by atoms with van der Waals surface area (Å²) in [5.74, 6) is -0.0297. The topological polar surface area (TPSA) is 101 Å². The summed E-state index contributed by atoms with van der Waals surface area (Å²) in [7, 11) is 0. The fraction of sp³-hybridized carbons (Fsp3) is 0.455. The van der Waals surface area contributed by atoms with Gasteiger partial charge in [0, 0.05) is 34.8 Å². The fourth-order valence-electron chi connectivity index (χ4n) is 4.97. The number of hydrogen-bond donors (Lipinski definition) is 3. The van der Waals surface area contributed by atoms with Crippen molar-refractivity contribution in [3.05, 3.63) is 77.4 Å². The molecule has 0 saturated heterocycles. The molecule has 1 atom stereocenters. The average molecular weight is 581 g/mol. The predicted octanol–water partition coefficient (Wildman–Crippen LogP) is 5.00. The summed E-state index contributed by atoms with van der Waals surface area (Å²) >= 11 is 1.40. The molecule has 0 spiro atoms. The third kappa shape index (κ3) is 8.10. The van der Waals surface area contributed by atoms with Crippen molar-refractivity contribution in [1.82, 2.24) is 9.80 Å². The Labute approximate surface area is 248 Å². The normalized spacial score (nSPS) is 12.8. The second-order valence-electron chi connectivity index (χ2n) is 12.2. The lowest BCUT2D eigenvalue weighted by Gasteiger charge is -2.36. The molecule has 1 unspecified atom stereocenters. The highest BCUT2D eigenvalue weighted by Gasteiger charge is 2.31. The smallest absolute Gasteiger partial charge is 0.255 e. The van der Waals surface area contributed by atoms with Gasteiger partial charge in [0.15, 0.2) is 0 Å². The molecule has 0 aliphatic rings. The Kier molecular flexibility index (Phi) is 11.0. The van der Waals surface area contributed by atoms with E-state index in [-0.39, 0.29) is 44.5 Å². The quantitative estimate of drug-likeness (QED) is 0.276. The van der Waals surface area contributed by atoms with E-state index in [4.69, 9.17) is 0 Å². The Morgan fingerprint density at radius 1 is 0.780 bits per heavy atom. The van der Waals surface area contributed by atoms with Gasteiger partial charge in [0.1, 0.15) is 0 Å². The minimum Gasteiger partial charge on any atom is -0.395 e. The maximum absolute atomic E-state index is 14.0. The number of nitrogens with zero attached hydrogens (tertiary/aromatic N) is 2. The van der Waals surface area contributed by atoms with Crippen molar-refractivity contribution in [2.24, 2.45) is 0 Å².